The third-order valence-electron chi connectivity index (χ3n) is 1.75. The molecule has 0 aromatic heterocycles. The molecule has 0 saturated heterocycles. The number of rotatable bonds is 5. The lowest BCUT2D eigenvalue weighted by atomic mass is 10.5. The van der Waals surface area contributed by atoms with Gasteiger partial charge in [0.25, 0.3) is 0 Å². The highest BCUT2D eigenvalue weighted by molar-refractivity contribution is 6.65. The summed E-state index contributed by atoms with van der Waals surface area (Å²) in [6.07, 6.45) is -5.32. The zero-order valence-electron chi connectivity index (χ0n) is 9.16. The van der Waals surface area contributed by atoms with Gasteiger partial charge in [0.2, 0.25) is 17.4 Å². The maximum atomic E-state index is 12.7. The summed E-state index contributed by atoms with van der Waals surface area (Å²) in [6, 6.07) is 0. The molecule has 1 aliphatic rings. The van der Waals surface area contributed by atoms with Crippen molar-refractivity contribution in [3.05, 3.63) is 12.7 Å². The average Bonchev–Trinajstić information content (AvgIpc) is 2.26. The van der Waals surface area contributed by atoms with Crippen molar-refractivity contribution in [3.63, 3.8) is 0 Å². The van der Waals surface area contributed by atoms with E-state index < -0.39 is 30.2 Å². The van der Waals surface area contributed by atoms with Gasteiger partial charge in [0.05, 0.1) is 0 Å². The molecule has 0 aromatic rings. The van der Waals surface area contributed by atoms with Crippen molar-refractivity contribution in [2.24, 2.45) is 9.98 Å². The molecular weight excluding hydrogens is 299 g/mol. The van der Waals surface area contributed by atoms with E-state index in [1.165, 1.54) is 6.08 Å². The number of amidine groups is 2. The van der Waals surface area contributed by atoms with Crippen LogP contribution >= 0.6 is 11.6 Å². The Balaban J connectivity index is 3.04. The first kappa shape index (κ1) is 15.8. The van der Waals surface area contributed by atoms with Gasteiger partial charge in [0.15, 0.2) is 0 Å². The van der Waals surface area contributed by atoms with Gasteiger partial charge in [-0.25, -0.2) is 4.99 Å². The molecule has 0 saturated carbocycles. The summed E-state index contributed by atoms with van der Waals surface area (Å²) in [5, 5.41) is 1.44. The van der Waals surface area contributed by atoms with Gasteiger partial charge in [-0.15, -0.1) is 6.58 Å². The Hall–Kier alpha value is -1.26. The molecule has 0 radical (unpaired) electrons. The molecule has 19 heavy (non-hydrogen) atoms. The largest absolute Gasteiger partial charge is 0.451 e. The number of aliphatic imine (C=N–C) groups is 2. The van der Waals surface area contributed by atoms with Gasteiger partial charge >= 0.3 is 12.8 Å². The van der Waals surface area contributed by atoms with E-state index in [-0.39, 0.29) is 11.6 Å². The molecule has 0 aliphatic carbocycles. The van der Waals surface area contributed by atoms with E-state index in [0.717, 1.165) is 0 Å². The topological polar surface area (TPSA) is 49.2 Å². The summed E-state index contributed by atoms with van der Waals surface area (Å²) in [4.78, 5) is 10.1. The standard InChI is InChI=1S/C8H8ClF5N4O/c1-2-3-15-7-17-5(9)16-4(8(12,13)14)18(7)19-6(10)11/h2,6-7,15H,1,3H2. The Bertz CT molecular complexity index is 397. The smallest absolute Gasteiger partial charge is 0.273 e. The molecule has 0 aromatic carbocycles. The zero-order chi connectivity index (χ0) is 14.6. The third-order valence-corrected chi connectivity index (χ3v) is 1.93. The first-order chi connectivity index (χ1) is 8.75. The third kappa shape index (κ3) is 4.40. The van der Waals surface area contributed by atoms with Crippen LogP contribution in [-0.2, 0) is 4.84 Å². The van der Waals surface area contributed by atoms with Crippen molar-refractivity contribution in [1.82, 2.24) is 10.4 Å². The number of hydroxylamine groups is 2. The SMILES string of the molecule is C=CCNC1N=C(Cl)N=C(C(F)(F)F)N1OC(F)F. The highest BCUT2D eigenvalue weighted by Crippen LogP contribution is 2.25. The van der Waals surface area contributed by atoms with E-state index in [1.54, 1.807) is 0 Å². The van der Waals surface area contributed by atoms with Crippen LogP contribution < -0.4 is 5.32 Å². The predicted octanol–water partition coefficient (Wildman–Crippen LogP) is 2.07. The zero-order valence-corrected chi connectivity index (χ0v) is 9.92. The number of hydrogen-bond acceptors (Lipinski definition) is 5. The van der Waals surface area contributed by atoms with Crippen molar-refractivity contribution < 1.29 is 26.8 Å². The van der Waals surface area contributed by atoms with E-state index in [1.807, 2.05) is 0 Å². The van der Waals surface area contributed by atoms with Gasteiger partial charge in [-0.2, -0.15) is 36.8 Å². The molecule has 0 amide bonds. The van der Waals surface area contributed by atoms with E-state index in [9.17, 15) is 22.0 Å². The maximum absolute atomic E-state index is 12.7. The highest BCUT2D eigenvalue weighted by Gasteiger charge is 2.46. The Morgan fingerprint density at radius 1 is 1.53 bits per heavy atom. The second-order valence-corrected chi connectivity index (χ2v) is 3.43. The summed E-state index contributed by atoms with van der Waals surface area (Å²) in [7, 11) is 0. The normalized spacial score (nSPS) is 20.4. The molecular formula is C8H8ClF5N4O. The first-order valence-electron chi connectivity index (χ1n) is 4.73. The van der Waals surface area contributed by atoms with Crippen molar-refractivity contribution in [1.29, 1.82) is 0 Å². The Morgan fingerprint density at radius 2 is 2.16 bits per heavy atom. The first-order valence-corrected chi connectivity index (χ1v) is 5.11. The molecule has 108 valence electrons. The fourth-order valence-corrected chi connectivity index (χ4v) is 1.31. The maximum Gasteiger partial charge on any atom is 0.451 e. The summed E-state index contributed by atoms with van der Waals surface area (Å²) in [5.41, 5.74) is 0. The molecule has 1 atom stereocenters. The lowest BCUT2D eigenvalue weighted by Gasteiger charge is -2.32. The van der Waals surface area contributed by atoms with E-state index in [4.69, 9.17) is 11.6 Å². The minimum atomic E-state index is -5.03. The van der Waals surface area contributed by atoms with Crippen LogP contribution in [0.1, 0.15) is 0 Å². The van der Waals surface area contributed by atoms with Gasteiger partial charge in [0.1, 0.15) is 0 Å². The van der Waals surface area contributed by atoms with Gasteiger partial charge < -0.3 is 0 Å². The van der Waals surface area contributed by atoms with Gasteiger partial charge in [0, 0.05) is 6.54 Å². The fraction of sp³-hybridized carbons (Fsp3) is 0.500. The van der Waals surface area contributed by atoms with Gasteiger partial charge in [-0.05, 0) is 11.6 Å². The van der Waals surface area contributed by atoms with Crippen LogP contribution in [-0.4, -0.2) is 41.8 Å². The van der Waals surface area contributed by atoms with Crippen molar-refractivity contribution in [3.8, 4) is 0 Å². The summed E-state index contributed by atoms with van der Waals surface area (Å²) < 4.78 is 62.3. The van der Waals surface area contributed by atoms with E-state index in [0.29, 0.717) is 0 Å². The van der Waals surface area contributed by atoms with E-state index in [2.05, 4.69) is 26.7 Å². The molecule has 1 rings (SSSR count). The number of halogens is 6. The number of nitrogens with one attached hydrogen (secondary N) is 1. The minimum absolute atomic E-state index is 0.00737. The highest BCUT2D eigenvalue weighted by atomic mass is 35.5. The predicted molar refractivity (Wildman–Crippen MR) is 57.7 cm³/mol. The van der Waals surface area contributed by atoms with Crippen LogP contribution in [0.15, 0.2) is 22.6 Å². The van der Waals surface area contributed by atoms with Crippen LogP contribution in [0.25, 0.3) is 0 Å². The van der Waals surface area contributed by atoms with Crippen molar-refractivity contribution in [2.75, 3.05) is 6.54 Å². The molecule has 1 N–H and O–H groups in total. The summed E-state index contributed by atoms with van der Waals surface area (Å²) >= 11 is 5.32. The number of hydrogen-bond donors (Lipinski definition) is 1. The van der Waals surface area contributed by atoms with Crippen molar-refractivity contribution in [2.45, 2.75) is 19.1 Å². The summed E-state index contributed by atoms with van der Waals surface area (Å²) in [6.45, 7) is -0.172. The molecule has 5 nitrogen and oxygen atoms in total. The van der Waals surface area contributed by atoms with Crippen LogP contribution in [0.4, 0.5) is 22.0 Å². The fourth-order valence-electron chi connectivity index (χ4n) is 1.13. The second kappa shape index (κ2) is 6.26. The van der Waals surface area contributed by atoms with Crippen LogP contribution in [0, 0.1) is 0 Å². The Kier molecular flexibility index (Phi) is 5.20. The van der Waals surface area contributed by atoms with Crippen LogP contribution in [0.2, 0.25) is 0 Å². The Labute approximate surface area is 109 Å². The minimum Gasteiger partial charge on any atom is -0.273 e. The molecule has 0 fully saturated rings. The molecule has 0 bridgehead atoms. The molecule has 1 aliphatic heterocycles. The lowest BCUT2D eigenvalue weighted by molar-refractivity contribution is -0.275. The van der Waals surface area contributed by atoms with Gasteiger partial charge in [-0.1, -0.05) is 6.08 Å². The van der Waals surface area contributed by atoms with Crippen LogP contribution in [0.5, 0.6) is 0 Å². The van der Waals surface area contributed by atoms with Crippen LogP contribution in [0.3, 0.4) is 0 Å². The monoisotopic (exact) mass is 306 g/mol. The molecule has 1 heterocycles. The average molecular weight is 307 g/mol. The number of alkyl halides is 5. The lowest BCUT2D eigenvalue weighted by Crippen LogP contribution is -2.55. The van der Waals surface area contributed by atoms with Crippen molar-refractivity contribution >= 4 is 22.7 Å². The quantitative estimate of drug-likeness (QED) is 0.480. The summed E-state index contributed by atoms with van der Waals surface area (Å²) in [5.74, 6) is -1.73. The molecule has 11 heteroatoms. The molecule has 1 unspecified atom stereocenters. The molecule has 0 spiro atoms. The number of nitrogens with zero attached hydrogens (tertiary/aromatic N) is 3. The van der Waals surface area contributed by atoms with E-state index >= 15 is 0 Å². The second-order valence-electron chi connectivity index (χ2n) is 3.09. The van der Waals surface area contributed by atoms with Gasteiger partial charge in [-0.3, -0.25) is 5.32 Å². The Morgan fingerprint density at radius 3 is 2.63 bits per heavy atom.